The Kier molecular flexibility index (Phi) is 6.26. The summed E-state index contributed by atoms with van der Waals surface area (Å²) in [6, 6.07) is 1.17. The van der Waals surface area contributed by atoms with E-state index in [0.29, 0.717) is 17.5 Å². The van der Waals surface area contributed by atoms with Gasteiger partial charge in [-0.15, -0.1) is 0 Å². The van der Waals surface area contributed by atoms with Crippen LogP contribution in [0.3, 0.4) is 0 Å². The number of unbranched alkanes of at least 4 members (excludes halogenated alkanes) is 4. The molecule has 0 saturated heterocycles. The third-order valence-corrected chi connectivity index (χ3v) is 4.50. The minimum Gasteiger partial charge on any atom is -0.307 e. The number of rotatable bonds is 7. The maximum absolute atomic E-state index is 3.69. The zero-order chi connectivity index (χ0) is 12.7. The van der Waals surface area contributed by atoms with Gasteiger partial charge in [0.2, 0.25) is 0 Å². The average Bonchev–Trinajstić information content (AvgIpc) is 2.32. The Morgan fingerprint density at radius 2 is 1.76 bits per heavy atom. The summed E-state index contributed by atoms with van der Waals surface area (Å²) in [6.07, 6.45) is 14.4. The highest BCUT2D eigenvalue weighted by Crippen LogP contribution is 2.37. The Labute approximate surface area is 108 Å². The minimum atomic E-state index is 0.415. The molecule has 0 amide bonds. The molecule has 0 fully saturated rings. The third kappa shape index (κ3) is 4.13. The van der Waals surface area contributed by atoms with Crippen molar-refractivity contribution in [3.05, 3.63) is 12.2 Å². The first-order valence-electron chi connectivity index (χ1n) is 7.60. The summed E-state index contributed by atoms with van der Waals surface area (Å²) >= 11 is 0. The van der Waals surface area contributed by atoms with Crippen LogP contribution in [-0.2, 0) is 0 Å². The van der Waals surface area contributed by atoms with E-state index >= 15 is 0 Å². The molecule has 17 heavy (non-hydrogen) atoms. The van der Waals surface area contributed by atoms with Crippen molar-refractivity contribution in [1.29, 1.82) is 0 Å². The van der Waals surface area contributed by atoms with E-state index in [2.05, 4.69) is 45.2 Å². The molecule has 0 aromatic carbocycles. The lowest BCUT2D eigenvalue weighted by atomic mass is 9.72. The van der Waals surface area contributed by atoms with Crippen molar-refractivity contribution in [3.63, 3.8) is 0 Å². The van der Waals surface area contributed by atoms with Gasteiger partial charge in [0.15, 0.2) is 0 Å². The van der Waals surface area contributed by atoms with Gasteiger partial charge in [-0.3, -0.25) is 0 Å². The molecular weight excluding hydrogens is 206 g/mol. The third-order valence-electron chi connectivity index (χ3n) is 4.50. The SMILES string of the molecule is CCCCCCCC1(CC)C=CC(C)NC1C. The predicted molar refractivity (Wildman–Crippen MR) is 77.3 cm³/mol. The second-order valence-corrected chi connectivity index (χ2v) is 5.79. The van der Waals surface area contributed by atoms with Crippen molar-refractivity contribution >= 4 is 0 Å². The van der Waals surface area contributed by atoms with Crippen LogP contribution in [0.2, 0.25) is 0 Å². The molecule has 1 rings (SSSR count). The van der Waals surface area contributed by atoms with Gasteiger partial charge in [-0.05, 0) is 26.7 Å². The topological polar surface area (TPSA) is 12.0 Å². The lowest BCUT2D eigenvalue weighted by Crippen LogP contribution is -2.48. The molecule has 0 radical (unpaired) electrons. The van der Waals surface area contributed by atoms with E-state index in [1.807, 2.05) is 0 Å². The van der Waals surface area contributed by atoms with Crippen molar-refractivity contribution in [3.8, 4) is 0 Å². The van der Waals surface area contributed by atoms with Crippen LogP contribution in [0.1, 0.15) is 72.6 Å². The van der Waals surface area contributed by atoms with Crippen LogP contribution in [-0.4, -0.2) is 12.1 Å². The lowest BCUT2D eigenvalue weighted by molar-refractivity contribution is 0.214. The fourth-order valence-corrected chi connectivity index (χ4v) is 3.05. The molecule has 0 bridgehead atoms. The fourth-order valence-electron chi connectivity index (χ4n) is 3.05. The highest BCUT2D eigenvalue weighted by Gasteiger charge is 2.34. The van der Waals surface area contributed by atoms with Gasteiger partial charge in [-0.25, -0.2) is 0 Å². The highest BCUT2D eigenvalue weighted by molar-refractivity contribution is 5.12. The summed E-state index contributed by atoms with van der Waals surface area (Å²) in [7, 11) is 0. The van der Waals surface area contributed by atoms with Gasteiger partial charge in [0, 0.05) is 17.5 Å². The van der Waals surface area contributed by atoms with E-state index in [9.17, 15) is 0 Å². The van der Waals surface area contributed by atoms with Gasteiger partial charge >= 0.3 is 0 Å². The molecule has 0 spiro atoms. The Bertz CT molecular complexity index is 234. The molecular formula is C16H31N. The molecule has 1 aliphatic rings. The quantitative estimate of drug-likeness (QED) is 0.501. The number of hydrogen-bond acceptors (Lipinski definition) is 1. The molecule has 1 nitrogen and oxygen atoms in total. The first kappa shape index (κ1) is 14.8. The largest absolute Gasteiger partial charge is 0.307 e. The van der Waals surface area contributed by atoms with Gasteiger partial charge in [-0.2, -0.15) is 0 Å². The lowest BCUT2D eigenvalue weighted by Gasteiger charge is -2.41. The van der Waals surface area contributed by atoms with Crippen molar-refractivity contribution in [2.75, 3.05) is 0 Å². The van der Waals surface area contributed by atoms with Crippen LogP contribution in [0.5, 0.6) is 0 Å². The van der Waals surface area contributed by atoms with Crippen LogP contribution in [0.25, 0.3) is 0 Å². The molecule has 0 aliphatic carbocycles. The maximum Gasteiger partial charge on any atom is 0.0224 e. The molecule has 1 heterocycles. The van der Waals surface area contributed by atoms with E-state index < -0.39 is 0 Å². The van der Waals surface area contributed by atoms with E-state index in [1.165, 1.54) is 44.9 Å². The van der Waals surface area contributed by atoms with Gasteiger partial charge in [0.25, 0.3) is 0 Å². The summed E-state index contributed by atoms with van der Waals surface area (Å²) in [5, 5.41) is 3.69. The number of hydrogen-bond donors (Lipinski definition) is 1. The second kappa shape index (κ2) is 7.20. The Morgan fingerprint density at radius 1 is 1.06 bits per heavy atom. The zero-order valence-electron chi connectivity index (χ0n) is 12.3. The molecule has 1 aliphatic heterocycles. The molecule has 0 aromatic heterocycles. The van der Waals surface area contributed by atoms with Crippen LogP contribution in [0.15, 0.2) is 12.2 Å². The zero-order valence-corrected chi connectivity index (χ0v) is 12.3. The molecule has 1 heteroatoms. The average molecular weight is 237 g/mol. The van der Waals surface area contributed by atoms with E-state index in [1.54, 1.807) is 0 Å². The monoisotopic (exact) mass is 237 g/mol. The molecule has 100 valence electrons. The predicted octanol–water partition coefficient (Wildman–Crippen LogP) is 4.68. The van der Waals surface area contributed by atoms with Crippen LogP contribution < -0.4 is 5.32 Å². The van der Waals surface area contributed by atoms with Crippen molar-refractivity contribution in [2.24, 2.45) is 5.41 Å². The van der Waals surface area contributed by atoms with E-state index in [-0.39, 0.29) is 0 Å². The van der Waals surface area contributed by atoms with Crippen LogP contribution in [0.4, 0.5) is 0 Å². The highest BCUT2D eigenvalue weighted by atomic mass is 15.0. The molecule has 0 aromatic rings. The summed E-state index contributed by atoms with van der Waals surface area (Å²) in [5.74, 6) is 0. The van der Waals surface area contributed by atoms with E-state index in [0.717, 1.165) is 0 Å². The fraction of sp³-hybridized carbons (Fsp3) is 0.875. The minimum absolute atomic E-state index is 0.415. The van der Waals surface area contributed by atoms with Crippen molar-refractivity contribution < 1.29 is 0 Å². The molecule has 3 atom stereocenters. The Balaban J connectivity index is 2.43. The Hall–Kier alpha value is -0.300. The van der Waals surface area contributed by atoms with Gasteiger partial charge in [0.05, 0.1) is 0 Å². The first-order valence-corrected chi connectivity index (χ1v) is 7.60. The van der Waals surface area contributed by atoms with Gasteiger partial charge < -0.3 is 5.32 Å². The van der Waals surface area contributed by atoms with Gasteiger partial charge in [-0.1, -0.05) is 58.1 Å². The normalized spacial score (nSPS) is 32.9. The van der Waals surface area contributed by atoms with E-state index in [4.69, 9.17) is 0 Å². The Morgan fingerprint density at radius 3 is 2.35 bits per heavy atom. The summed E-state index contributed by atoms with van der Waals surface area (Å²) in [6.45, 7) is 9.22. The summed E-state index contributed by atoms with van der Waals surface area (Å²) in [5.41, 5.74) is 0.415. The number of nitrogens with one attached hydrogen (secondary N) is 1. The summed E-state index contributed by atoms with van der Waals surface area (Å²) in [4.78, 5) is 0. The van der Waals surface area contributed by atoms with Crippen LogP contribution in [0, 0.1) is 5.41 Å². The van der Waals surface area contributed by atoms with Crippen LogP contribution >= 0.6 is 0 Å². The van der Waals surface area contributed by atoms with Crippen molar-refractivity contribution in [1.82, 2.24) is 5.32 Å². The second-order valence-electron chi connectivity index (χ2n) is 5.79. The maximum atomic E-state index is 3.69. The standard InChI is InChI=1S/C16H31N/c1-5-7-8-9-10-12-16(6-2)13-11-14(3)17-15(16)4/h11,13-15,17H,5-10,12H2,1-4H3. The smallest absolute Gasteiger partial charge is 0.0224 e. The molecule has 3 unspecified atom stereocenters. The summed E-state index contributed by atoms with van der Waals surface area (Å²) < 4.78 is 0. The first-order chi connectivity index (χ1) is 8.14. The molecule has 0 saturated carbocycles. The van der Waals surface area contributed by atoms with Gasteiger partial charge in [0.1, 0.15) is 0 Å². The molecule has 1 N–H and O–H groups in total. The van der Waals surface area contributed by atoms with Crippen molar-refractivity contribution in [2.45, 2.75) is 84.7 Å².